The van der Waals surface area contributed by atoms with Crippen molar-refractivity contribution in [3.05, 3.63) is 79.4 Å². The van der Waals surface area contributed by atoms with E-state index >= 15 is 0 Å². The number of aromatic nitrogens is 1. The van der Waals surface area contributed by atoms with Crippen molar-refractivity contribution >= 4 is 80.4 Å². The molecule has 3 amide bonds. The maximum Gasteiger partial charge on any atom is 0.283 e. The monoisotopic (exact) mass is 520 g/mol. The van der Waals surface area contributed by atoms with Crippen molar-refractivity contribution in [1.82, 2.24) is 4.98 Å². The van der Waals surface area contributed by atoms with Gasteiger partial charge in [-0.1, -0.05) is 46.9 Å². The minimum Gasteiger partial charge on any atom is -0.350 e. The number of hydrogen-bond acceptors (Lipinski definition) is 6. The van der Waals surface area contributed by atoms with Crippen molar-refractivity contribution in [2.24, 2.45) is 0 Å². The SMILES string of the molecule is Cc1nc(NC(=O)c2cccc(NC3=C(Cl)C(=O)N(c4cccc(Cl)c4Cl)C3=O)c2)sc1C. The summed E-state index contributed by atoms with van der Waals surface area (Å²) in [4.78, 5) is 44.5. The van der Waals surface area contributed by atoms with Crippen LogP contribution in [-0.4, -0.2) is 22.7 Å². The third-order valence-corrected chi connectivity index (χ3v) is 6.99. The first-order valence-electron chi connectivity index (χ1n) is 9.52. The molecular formula is C22H15Cl3N4O3S. The summed E-state index contributed by atoms with van der Waals surface area (Å²) >= 11 is 19.8. The Hall–Kier alpha value is -2.91. The summed E-state index contributed by atoms with van der Waals surface area (Å²) in [6.07, 6.45) is 0. The Morgan fingerprint density at radius 3 is 2.45 bits per heavy atom. The molecule has 33 heavy (non-hydrogen) atoms. The molecule has 0 unspecified atom stereocenters. The fourth-order valence-corrected chi connectivity index (χ4v) is 4.48. The van der Waals surface area contributed by atoms with Crippen LogP contribution in [0.3, 0.4) is 0 Å². The largest absolute Gasteiger partial charge is 0.350 e. The van der Waals surface area contributed by atoms with Crippen LogP contribution in [0.2, 0.25) is 10.0 Å². The first kappa shape index (κ1) is 23.3. The Morgan fingerprint density at radius 2 is 1.76 bits per heavy atom. The zero-order chi connectivity index (χ0) is 23.9. The molecule has 4 rings (SSSR count). The predicted octanol–water partition coefficient (Wildman–Crippen LogP) is 5.75. The first-order valence-corrected chi connectivity index (χ1v) is 11.5. The topological polar surface area (TPSA) is 91.4 Å². The molecule has 11 heteroatoms. The summed E-state index contributed by atoms with van der Waals surface area (Å²) in [6.45, 7) is 3.79. The molecule has 2 N–H and O–H groups in total. The van der Waals surface area contributed by atoms with Gasteiger partial charge >= 0.3 is 0 Å². The van der Waals surface area contributed by atoms with E-state index in [0.717, 1.165) is 15.5 Å². The molecule has 1 aromatic heterocycles. The first-order chi connectivity index (χ1) is 15.7. The van der Waals surface area contributed by atoms with E-state index < -0.39 is 11.8 Å². The molecule has 0 spiro atoms. The molecule has 1 aliphatic heterocycles. The molecule has 0 atom stereocenters. The molecule has 0 radical (unpaired) electrons. The van der Waals surface area contributed by atoms with Gasteiger partial charge in [0.15, 0.2) is 5.13 Å². The van der Waals surface area contributed by atoms with E-state index in [2.05, 4.69) is 15.6 Å². The highest BCUT2D eigenvalue weighted by atomic mass is 35.5. The number of anilines is 3. The normalized spacial score (nSPS) is 13.7. The van der Waals surface area contributed by atoms with Gasteiger partial charge < -0.3 is 5.32 Å². The third kappa shape index (κ3) is 4.47. The second-order valence-corrected chi connectivity index (χ2v) is 9.39. The van der Waals surface area contributed by atoms with Gasteiger partial charge in [0, 0.05) is 16.1 Å². The Kier molecular flexibility index (Phi) is 6.45. The van der Waals surface area contributed by atoms with Crippen molar-refractivity contribution in [1.29, 1.82) is 0 Å². The van der Waals surface area contributed by atoms with Crippen LogP contribution in [0.4, 0.5) is 16.5 Å². The number of carbonyl (C=O) groups excluding carboxylic acids is 3. The summed E-state index contributed by atoms with van der Waals surface area (Å²) in [5.41, 5.74) is 1.55. The second kappa shape index (κ2) is 9.15. The number of halogens is 3. The molecule has 0 bridgehead atoms. The average Bonchev–Trinajstić information content (AvgIpc) is 3.20. The Balaban J connectivity index is 1.56. The minimum absolute atomic E-state index is 0.0536. The van der Waals surface area contributed by atoms with Gasteiger partial charge in [0.1, 0.15) is 10.7 Å². The van der Waals surface area contributed by atoms with E-state index in [1.54, 1.807) is 24.3 Å². The van der Waals surface area contributed by atoms with E-state index in [1.165, 1.54) is 29.5 Å². The predicted molar refractivity (Wildman–Crippen MR) is 131 cm³/mol. The van der Waals surface area contributed by atoms with E-state index in [1.807, 2.05) is 13.8 Å². The molecule has 2 heterocycles. The van der Waals surface area contributed by atoms with Gasteiger partial charge in [0.25, 0.3) is 17.7 Å². The molecule has 7 nitrogen and oxygen atoms in total. The molecule has 0 aliphatic carbocycles. The van der Waals surface area contributed by atoms with Crippen LogP contribution in [0.1, 0.15) is 20.9 Å². The van der Waals surface area contributed by atoms with Gasteiger partial charge in [-0.15, -0.1) is 11.3 Å². The minimum atomic E-state index is -0.739. The molecule has 3 aromatic rings. The lowest BCUT2D eigenvalue weighted by Crippen LogP contribution is -2.32. The molecule has 0 saturated heterocycles. The van der Waals surface area contributed by atoms with E-state index in [0.29, 0.717) is 16.4 Å². The lowest BCUT2D eigenvalue weighted by molar-refractivity contribution is -0.120. The number of thiazole rings is 1. The number of hydrogen-bond donors (Lipinski definition) is 2. The fourth-order valence-electron chi connectivity index (χ4n) is 3.07. The van der Waals surface area contributed by atoms with Gasteiger partial charge in [-0.2, -0.15) is 0 Å². The number of carbonyl (C=O) groups is 3. The third-order valence-electron chi connectivity index (χ3n) is 4.84. The number of imide groups is 1. The number of amides is 3. The van der Waals surface area contributed by atoms with Crippen LogP contribution in [0, 0.1) is 13.8 Å². The summed E-state index contributed by atoms with van der Waals surface area (Å²) in [6, 6.07) is 11.0. The zero-order valence-corrected chi connectivity index (χ0v) is 20.3. The van der Waals surface area contributed by atoms with Crippen molar-refractivity contribution in [2.45, 2.75) is 13.8 Å². The van der Waals surface area contributed by atoms with Crippen LogP contribution >= 0.6 is 46.1 Å². The zero-order valence-electron chi connectivity index (χ0n) is 17.2. The highest BCUT2D eigenvalue weighted by molar-refractivity contribution is 7.15. The Bertz CT molecular complexity index is 1330. The summed E-state index contributed by atoms with van der Waals surface area (Å²) in [5.74, 6) is -1.80. The average molecular weight is 522 g/mol. The van der Waals surface area contributed by atoms with Crippen LogP contribution < -0.4 is 15.5 Å². The van der Waals surface area contributed by atoms with Gasteiger partial charge in [-0.05, 0) is 44.2 Å². The lowest BCUT2D eigenvalue weighted by atomic mass is 10.2. The van der Waals surface area contributed by atoms with Crippen LogP contribution in [0.15, 0.2) is 53.2 Å². The molecule has 2 aromatic carbocycles. The van der Waals surface area contributed by atoms with Crippen molar-refractivity contribution in [2.75, 3.05) is 15.5 Å². The van der Waals surface area contributed by atoms with Crippen LogP contribution in [-0.2, 0) is 9.59 Å². The Morgan fingerprint density at radius 1 is 1.03 bits per heavy atom. The van der Waals surface area contributed by atoms with E-state index in [4.69, 9.17) is 34.8 Å². The quantitative estimate of drug-likeness (QED) is 0.417. The van der Waals surface area contributed by atoms with Crippen molar-refractivity contribution < 1.29 is 14.4 Å². The molecule has 0 fully saturated rings. The number of benzene rings is 2. The molecular weight excluding hydrogens is 507 g/mol. The van der Waals surface area contributed by atoms with Crippen molar-refractivity contribution in [3.63, 3.8) is 0 Å². The summed E-state index contributed by atoms with van der Waals surface area (Å²) < 4.78 is 0. The van der Waals surface area contributed by atoms with Gasteiger partial charge in [0.2, 0.25) is 0 Å². The highest BCUT2D eigenvalue weighted by Crippen LogP contribution is 2.37. The maximum absolute atomic E-state index is 13.0. The summed E-state index contributed by atoms with van der Waals surface area (Å²) in [7, 11) is 0. The number of nitrogens with one attached hydrogen (secondary N) is 2. The number of nitrogens with zero attached hydrogens (tertiary/aromatic N) is 2. The second-order valence-electron chi connectivity index (χ2n) is 7.03. The highest BCUT2D eigenvalue weighted by Gasteiger charge is 2.40. The van der Waals surface area contributed by atoms with Crippen LogP contribution in [0.25, 0.3) is 0 Å². The molecule has 0 saturated carbocycles. The van der Waals surface area contributed by atoms with Gasteiger partial charge in [-0.25, -0.2) is 9.88 Å². The molecule has 1 aliphatic rings. The number of aryl methyl sites for hydroxylation is 2. The molecule has 168 valence electrons. The van der Waals surface area contributed by atoms with Gasteiger partial charge in [0.05, 0.1) is 21.4 Å². The maximum atomic E-state index is 13.0. The van der Waals surface area contributed by atoms with Crippen molar-refractivity contribution in [3.8, 4) is 0 Å². The fraction of sp³-hybridized carbons (Fsp3) is 0.0909. The lowest BCUT2D eigenvalue weighted by Gasteiger charge is -2.17. The Labute approximate surface area is 208 Å². The van der Waals surface area contributed by atoms with E-state index in [9.17, 15) is 14.4 Å². The van der Waals surface area contributed by atoms with Gasteiger partial charge in [-0.3, -0.25) is 19.7 Å². The number of rotatable bonds is 5. The van der Waals surface area contributed by atoms with Crippen LogP contribution in [0.5, 0.6) is 0 Å². The smallest absolute Gasteiger partial charge is 0.283 e. The summed E-state index contributed by atoms with van der Waals surface area (Å²) in [5, 5.41) is 6.02. The standard InChI is InChI=1S/C22H15Cl3N4O3S/c1-10-11(2)33-22(26-10)28-19(30)12-5-3-6-13(9-12)27-18-17(25)20(31)29(21(18)32)15-8-4-7-14(23)16(15)24/h3-9,27H,1-2H3,(H,26,28,30). The van der Waals surface area contributed by atoms with E-state index in [-0.39, 0.29) is 32.4 Å².